The van der Waals surface area contributed by atoms with Crippen LogP contribution < -0.4 is 0 Å². The summed E-state index contributed by atoms with van der Waals surface area (Å²) in [6.45, 7) is 6.05. The molecule has 0 aliphatic rings. The maximum absolute atomic E-state index is 11.4. The number of aliphatic hydroxyl groups excluding tert-OH is 1. The zero-order chi connectivity index (χ0) is 12.1. The van der Waals surface area contributed by atoms with Crippen molar-refractivity contribution in [1.29, 1.82) is 0 Å². The molecule has 3 nitrogen and oxygen atoms in total. The Labute approximate surface area is 96.1 Å². The first kappa shape index (κ1) is 12.7. The van der Waals surface area contributed by atoms with Crippen molar-refractivity contribution < 1.29 is 14.6 Å². The average molecular weight is 222 g/mol. The Hall–Kier alpha value is -1.35. The first-order valence-electron chi connectivity index (χ1n) is 5.51. The van der Waals surface area contributed by atoms with E-state index < -0.39 is 12.1 Å². The molecule has 0 unspecified atom stereocenters. The van der Waals surface area contributed by atoms with Crippen molar-refractivity contribution >= 4 is 5.97 Å². The number of esters is 1. The van der Waals surface area contributed by atoms with Gasteiger partial charge < -0.3 is 9.84 Å². The second kappa shape index (κ2) is 5.66. The first-order chi connectivity index (χ1) is 7.57. The van der Waals surface area contributed by atoms with Crippen LogP contribution in [-0.4, -0.2) is 17.7 Å². The van der Waals surface area contributed by atoms with Crippen LogP contribution in [0.5, 0.6) is 0 Å². The summed E-state index contributed by atoms with van der Waals surface area (Å²) >= 11 is 0. The molecule has 0 heterocycles. The lowest BCUT2D eigenvalue weighted by molar-refractivity contribution is -0.153. The third-order valence-electron chi connectivity index (χ3n) is 2.42. The zero-order valence-corrected chi connectivity index (χ0v) is 9.93. The molecule has 0 bridgehead atoms. The van der Waals surface area contributed by atoms with Crippen LogP contribution in [-0.2, 0) is 9.53 Å². The van der Waals surface area contributed by atoms with Gasteiger partial charge in [0.15, 0.2) is 6.10 Å². The van der Waals surface area contributed by atoms with Crippen molar-refractivity contribution in [2.24, 2.45) is 0 Å². The van der Waals surface area contributed by atoms with E-state index in [0.717, 1.165) is 5.56 Å². The summed E-state index contributed by atoms with van der Waals surface area (Å²) in [5, 5.41) is 9.88. The lowest BCUT2D eigenvalue weighted by Gasteiger charge is -2.16. The highest BCUT2D eigenvalue weighted by Gasteiger charge is 2.21. The molecule has 88 valence electrons. The lowest BCUT2D eigenvalue weighted by Crippen LogP contribution is -2.17. The zero-order valence-electron chi connectivity index (χ0n) is 9.93. The van der Waals surface area contributed by atoms with E-state index in [0.29, 0.717) is 5.56 Å². The lowest BCUT2D eigenvalue weighted by atomic mass is 9.94. The van der Waals surface area contributed by atoms with Gasteiger partial charge in [0.25, 0.3) is 0 Å². The molecule has 3 heteroatoms. The van der Waals surface area contributed by atoms with Crippen molar-refractivity contribution in [3.8, 4) is 0 Å². The van der Waals surface area contributed by atoms with Gasteiger partial charge in [-0.3, -0.25) is 0 Å². The molecule has 1 rings (SSSR count). The predicted molar refractivity (Wildman–Crippen MR) is 62.1 cm³/mol. The van der Waals surface area contributed by atoms with Crippen molar-refractivity contribution in [1.82, 2.24) is 0 Å². The van der Waals surface area contributed by atoms with Gasteiger partial charge in [-0.1, -0.05) is 38.1 Å². The summed E-state index contributed by atoms with van der Waals surface area (Å²) in [5.41, 5.74) is 1.61. The molecule has 1 aromatic rings. The summed E-state index contributed by atoms with van der Waals surface area (Å²) in [7, 11) is 0. The van der Waals surface area contributed by atoms with Crippen molar-refractivity contribution in [3.05, 3.63) is 35.4 Å². The fourth-order valence-electron chi connectivity index (χ4n) is 1.63. The van der Waals surface area contributed by atoms with Gasteiger partial charge in [-0.05, 0) is 24.0 Å². The Bertz CT molecular complexity index is 358. The molecule has 0 aliphatic carbocycles. The van der Waals surface area contributed by atoms with Crippen molar-refractivity contribution in [3.63, 3.8) is 0 Å². The quantitative estimate of drug-likeness (QED) is 0.796. The molecule has 0 aromatic heterocycles. The minimum Gasteiger partial charge on any atom is -0.464 e. The van der Waals surface area contributed by atoms with Crippen molar-refractivity contribution in [2.75, 3.05) is 6.61 Å². The van der Waals surface area contributed by atoms with Gasteiger partial charge in [-0.15, -0.1) is 0 Å². The van der Waals surface area contributed by atoms with Gasteiger partial charge in [0.1, 0.15) is 0 Å². The summed E-state index contributed by atoms with van der Waals surface area (Å²) in [6.07, 6.45) is -1.18. The van der Waals surface area contributed by atoms with Gasteiger partial charge in [-0.25, -0.2) is 4.79 Å². The topological polar surface area (TPSA) is 46.5 Å². The Kier molecular flexibility index (Phi) is 4.50. The average Bonchev–Trinajstić information content (AvgIpc) is 2.28. The highest BCUT2D eigenvalue weighted by atomic mass is 16.5. The normalized spacial score (nSPS) is 12.6. The van der Waals surface area contributed by atoms with E-state index in [1.54, 1.807) is 13.0 Å². The Morgan fingerprint density at radius 3 is 2.38 bits per heavy atom. The monoisotopic (exact) mass is 222 g/mol. The van der Waals surface area contributed by atoms with Gasteiger partial charge in [0.05, 0.1) is 6.61 Å². The number of ether oxygens (including phenoxy) is 1. The molecule has 1 atom stereocenters. The van der Waals surface area contributed by atoms with E-state index in [1.165, 1.54) is 0 Å². The van der Waals surface area contributed by atoms with Crippen LogP contribution in [0.15, 0.2) is 24.3 Å². The highest BCUT2D eigenvalue weighted by molar-refractivity contribution is 5.76. The molecule has 0 saturated carbocycles. The Morgan fingerprint density at radius 2 is 1.88 bits per heavy atom. The number of aliphatic hydroxyl groups is 1. The second-order valence-corrected chi connectivity index (χ2v) is 3.94. The Balaban J connectivity index is 2.98. The molecule has 0 aliphatic heterocycles. The van der Waals surface area contributed by atoms with E-state index in [1.807, 2.05) is 32.0 Å². The van der Waals surface area contributed by atoms with Crippen LogP contribution in [0.2, 0.25) is 0 Å². The molecule has 0 fully saturated rings. The minimum atomic E-state index is -1.18. The van der Waals surface area contributed by atoms with Gasteiger partial charge in [0.2, 0.25) is 0 Å². The van der Waals surface area contributed by atoms with Crippen LogP contribution in [0.1, 0.15) is 43.9 Å². The summed E-state index contributed by atoms with van der Waals surface area (Å²) in [4.78, 5) is 11.4. The van der Waals surface area contributed by atoms with Crippen LogP contribution >= 0.6 is 0 Å². The third-order valence-corrected chi connectivity index (χ3v) is 2.42. The molecular formula is C13H18O3. The number of rotatable bonds is 4. The van der Waals surface area contributed by atoms with Crippen LogP contribution in [0.3, 0.4) is 0 Å². The van der Waals surface area contributed by atoms with Gasteiger partial charge in [0, 0.05) is 0 Å². The molecule has 1 aromatic carbocycles. The third kappa shape index (κ3) is 2.83. The standard InChI is InChI=1S/C13H18O3/c1-4-16-13(15)12(14)11-8-6-5-7-10(11)9(2)3/h5-9,12,14H,4H2,1-3H3/t12-/m0/s1. The van der Waals surface area contributed by atoms with Crippen LogP contribution in [0.25, 0.3) is 0 Å². The minimum absolute atomic E-state index is 0.264. The SMILES string of the molecule is CCOC(=O)[C@@H](O)c1ccccc1C(C)C. The number of hydrogen-bond acceptors (Lipinski definition) is 3. The maximum atomic E-state index is 11.4. The maximum Gasteiger partial charge on any atom is 0.339 e. The highest BCUT2D eigenvalue weighted by Crippen LogP contribution is 2.25. The number of hydrogen-bond donors (Lipinski definition) is 1. The fourth-order valence-corrected chi connectivity index (χ4v) is 1.63. The van der Waals surface area contributed by atoms with Crippen LogP contribution in [0, 0.1) is 0 Å². The molecule has 16 heavy (non-hydrogen) atoms. The second-order valence-electron chi connectivity index (χ2n) is 3.94. The summed E-state index contributed by atoms with van der Waals surface area (Å²) < 4.78 is 4.80. The largest absolute Gasteiger partial charge is 0.464 e. The number of carbonyl (C=O) groups is 1. The van der Waals surface area contributed by atoms with Crippen molar-refractivity contribution in [2.45, 2.75) is 32.8 Å². The van der Waals surface area contributed by atoms with Crippen LogP contribution in [0.4, 0.5) is 0 Å². The van der Waals surface area contributed by atoms with E-state index >= 15 is 0 Å². The smallest absolute Gasteiger partial charge is 0.339 e. The first-order valence-corrected chi connectivity index (χ1v) is 5.51. The molecule has 0 amide bonds. The number of benzene rings is 1. The summed E-state index contributed by atoms with van der Waals surface area (Å²) in [5.74, 6) is -0.323. The number of carbonyl (C=O) groups excluding carboxylic acids is 1. The molecule has 1 N–H and O–H groups in total. The molecule has 0 radical (unpaired) electrons. The van der Waals surface area contributed by atoms with Gasteiger partial charge in [-0.2, -0.15) is 0 Å². The van der Waals surface area contributed by atoms with E-state index in [-0.39, 0.29) is 12.5 Å². The molecular weight excluding hydrogens is 204 g/mol. The van der Waals surface area contributed by atoms with E-state index in [4.69, 9.17) is 4.74 Å². The van der Waals surface area contributed by atoms with E-state index in [9.17, 15) is 9.90 Å². The fraction of sp³-hybridized carbons (Fsp3) is 0.462. The van der Waals surface area contributed by atoms with Gasteiger partial charge >= 0.3 is 5.97 Å². The summed E-state index contributed by atoms with van der Waals surface area (Å²) in [6, 6.07) is 7.39. The van der Waals surface area contributed by atoms with E-state index in [2.05, 4.69) is 0 Å². The molecule has 0 saturated heterocycles. The molecule has 0 spiro atoms. The predicted octanol–water partition coefficient (Wildman–Crippen LogP) is 2.41. The Morgan fingerprint density at radius 1 is 1.31 bits per heavy atom.